The summed E-state index contributed by atoms with van der Waals surface area (Å²) in [6.45, 7) is 1.91. The van der Waals surface area contributed by atoms with E-state index in [1.165, 1.54) is 0 Å². The fourth-order valence-corrected chi connectivity index (χ4v) is 3.58. The van der Waals surface area contributed by atoms with Crippen LogP contribution in [0.15, 0.2) is 63.1 Å². The minimum atomic E-state index is -3.63. The first kappa shape index (κ1) is 16.2. The molecule has 0 amide bonds. The highest BCUT2D eigenvalue weighted by Crippen LogP contribution is 2.19. The number of oxime groups is 1. The van der Waals surface area contributed by atoms with Gasteiger partial charge in [-0.05, 0) is 36.8 Å². The summed E-state index contributed by atoms with van der Waals surface area (Å²) in [7, 11) is -3.63. The van der Waals surface area contributed by atoms with E-state index >= 15 is 0 Å². The van der Waals surface area contributed by atoms with Crippen molar-refractivity contribution >= 4 is 31.7 Å². The Balaban J connectivity index is 1.69. The molecule has 2 aromatic carbocycles. The molecule has 1 aliphatic rings. The minimum absolute atomic E-state index is 0.212. The van der Waals surface area contributed by atoms with E-state index in [1.807, 2.05) is 31.2 Å². The van der Waals surface area contributed by atoms with Crippen molar-refractivity contribution in [1.82, 2.24) is 4.72 Å². The van der Waals surface area contributed by atoms with Gasteiger partial charge in [0.15, 0.2) is 6.23 Å². The lowest BCUT2D eigenvalue weighted by molar-refractivity contribution is 0.0777. The fraction of sp³-hybridized carbons (Fsp3) is 0.188. The first-order chi connectivity index (χ1) is 10.9. The summed E-state index contributed by atoms with van der Waals surface area (Å²) < 4.78 is 28.2. The summed E-state index contributed by atoms with van der Waals surface area (Å²) in [6, 6.07) is 14.3. The first-order valence-corrected chi connectivity index (χ1v) is 9.29. The van der Waals surface area contributed by atoms with Crippen LogP contribution in [0.1, 0.15) is 17.5 Å². The van der Waals surface area contributed by atoms with Crippen molar-refractivity contribution in [3.8, 4) is 0 Å². The Kier molecular flexibility index (Phi) is 4.52. The van der Waals surface area contributed by atoms with Crippen molar-refractivity contribution in [2.24, 2.45) is 5.16 Å². The quantitative estimate of drug-likeness (QED) is 0.865. The number of benzene rings is 2. The van der Waals surface area contributed by atoms with Crippen LogP contribution < -0.4 is 4.72 Å². The Hall–Kier alpha value is -1.70. The van der Waals surface area contributed by atoms with Crippen LogP contribution in [0.2, 0.25) is 0 Å². The number of sulfonamides is 1. The van der Waals surface area contributed by atoms with E-state index in [2.05, 4.69) is 25.8 Å². The summed E-state index contributed by atoms with van der Waals surface area (Å²) in [5.74, 6) is 0. The predicted octanol–water partition coefficient (Wildman–Crippen LogP) is 3.19. The van der Waals surface area contributed by atoms with Gasteiger partial charge in [-0.15, -0.1) is 0 Å². The maximum atomic E-state index is 12.3. The lowest BCUT2D eigenvalue weighted by atomic mass is 10.1. The highest BCUT2D eigenvalue weighted by molar-refractivity contribution is 9.10. The van der Waals surface area contributed by atoms with Gasteiger partial charge in [-0.1, -0.05) is 50.9 Å². The zero-order valence-corrected chi connectivity index (χ0v) is 14.8. The monoisotopic (exact) mass is 394 g/mol. The molecular formula is C16H15BrN2O3S. The highest BCUT2D eigenvalue weighted by Gasteiger charge is 2.27. The second-order valence-corrected chi connectivity index (χ2v) is 7.91. The molecule has 0 spiro atoms. The van der Waals surface area contributed by atoms with Crippen LogP contribution in [0.5, 0.6) is 0 Å². The van der Waals surface area contributed by atoms with Gasteiger partial charge in [-0.2, -0.15) is 4.72 Å². The molecule has 0 radical (unpaired) electrons. The van der Waals surface area contributed by atoms with Crippen molar-refractivity contribution in [1.29, 1.82) is 0 Å². The third-order valence-electron chi connectivity index (χ3n) is 3.46. The summed E-state index contributed by atoms with van der Waals surface area (Å²) in [4.78, 5) is 5.43. The number of hydrogen-bond acceptors (Lipinski definition) is 4. The molecule has 0 fully saturated rings. The molecule has 1 atom stereocenters. The van der Waals surface area contributed by atoms with Crippen LogP contribution >= 0.6 is 15.9 Å². The van der Waals surface area contributed by atoms with Gasteiger partial charge in [0.05, 0.1) is 10.6 Å². The van der Waals surface area contributed by atoms with Gasteiger partial charge in [0.25, 0.3) is 0 Å². The first-order valence-electron chi connectivity index (χ1n) is 7.02. The molecule has 1 unspecified atom stereocenters. The number of rotatable bonds is 4. The maximum Gasteiger partial charge on any atom is 0.243 e. The Bertz CT molecular complexity index is 831. The minimum Gasteiger partial charge on any atom is -0.375 e. The Morgan fingerprint density at radius 3 is 2.43 bits per heavy atom. The van der Waals surface area contributed by atoms with E-state index < -0.39 is 16.3 Å². The van der Waals surface area contributed by atoms with Crippen molar-refractivity contribution in [3.05, 3.63) is 64.1 Å². The smallest absolute Gasteiger partial charge is 0.243 e. The second-order valence-electron chi connectivity index (χ2n) is 5.28. The molecule has 7 heteroatoms. The van der Waals surface area contributed by atoms with Gasteiger partial charge < -0.3 is 4.84 Å². The van der Waals surface area contributed by atoms with Crippen molar-refractivity contribution in [2.45, 2.75) is 24.5 Å². The molecule has 120 valence electrons. The largest absolute Gasteiger partial charge is 0.375 e. The zero-order valence-electron chi connectivity index (χ0n) is 12.4. The number of halogens is 1. The van der Waals surface area contributed by atoms with Gasteiger partial charge in [0.1, 0.15) is 0 Å². The van der Waals surface area contributed by atoms with Gasteiger partial charge in [0.2, 0.25) is 10.0 Å². The number of nitrogens with one attached hydrogen (secondary N) is 1. The molecule has 0 aliphatic carbocycles. The van der Waals surface area contributed by atoms with Crippen LogP contribution in [0, 0.1) is 6.92 Å². The van der Waals surface area contributed by atoms with Gasteiger partial charge in [0, 0.05) is 10.9 Å². The van der Waals surface area contributed by atoms with Crippen molar-refractivity contribution < 1.29 is 13.3 Å². The Morgan fingerprint density at radius 2 is 1.78 bits per heavy atom. The molecule has 1 N–H and O–H groups in total. The summed E-state index contributed by atoms with van der Waals surface area (Å²) in [6.07, 6.45) is -0.313. The standard InChI is InChI=1S/C16H15BrN2O3S/c1-11-2-8-14(9-3-11)23(20,21)19-16-10-15(18-22-16)12-4-6-13(17)7-5-12/h2-9,16,19H,10H2,1H3. The third-order valence-corrected chi connectivity index (χ3v) is 5.46. The normalized spacial score (nSPS) is 17.7. The van der Waals surface area contributed by atoms with Crippen LogP contribution in [0.3, 0.4) is 0 Å². The lowest BCUT2D eigenvalue weighted by Gasteiger charge is -2.11. The fourth-order valence-electron chi connectivity index (χ4n) is 2.21. The number of hydrogen-bond donors (Lipinski definition) is 1. The van der Waals surface area contributed by atoms with E-state index in [0.717, 1.165) is 15.6 Å². The third kappa shape index (κ3) is 3.80. The molecule has 1 aliphatic heterocycles. The molecule has 2 aromatic rings. The van der Waals surface area contributed by atoms with E-state index in [9.17, 15) is 8.42 Å². The van der Waals surface area contributed by atoms with E-state index in [4.69, 9.17) is 4.84 Å². The topological polar surface area (TPSA) is 67.8 Å². The van der Waals surface area contributed by atoms with Crippen molar-refractivity contribution in [2.75, 3.05) is 0 Å². The molecule has 0 saturated carbocycles. The molecule has 0 saturated heterocycles. The van der Waals surface area contributed by atoms with E-state index in [0.29, 0.717) is 12.1 Å². The summed E-state index contributed by atoms with van der Waals surface area (Å²) in [5.41, 5.74) is 2.63. The van der Waals surface area contributed by atoms with Crippen LogP contribution in [0.4, 0.5) is 0 Å². The lowest BCUT2D eigenvalue weighted by Crippen LogP contribution is -2.34. The molecule has 0 aromatic heterocycles. The van der Waals surface area contributed by atoms with Gasteiger partial charge in [-0.25, -0.2) is 8.42 Å². The zero-order chi connectivity index (χ0) is 16.4. The van der Waals surface area contributed by atoms with E-state index in [-0.39, 0.29) is 4.90 Å². The molecule has 0 bridgehead atoms. The van der Waals surface area contributed by atoms with Crippen molar-refractivity contribution in [3.63, 3.8) is 0 Å². The molecular weight excluding hydrogens is 380 g/mol. The molecule has 1 heterocycles. The average Bonchev–Trinajstić information content (AvgIpc) is 2.96. The molecule has 5 nitrogen and oxygen atoms in total. The van der Waals surface area contributed by atoms with Gasteiger partial charge >= 0.3 is 0 Å². The Morgan fingerprint density at radius 1 is 1.13 bits per heavy atom. The summed E-state index contributed by atoms with van der Waals surface area (Å²) in [5, 5.41) is 3.98. The summed E-state index contributed by atoms with van der Waals surface area (Å²) >= 11 is 3.37. The molecule has 23 heavy (non-hydrogen) atoms. The number of aryl methyl sites for hydroxylation is 1. The van der Waals surface area contributed by atoms with Crippen LogP contribution in [-0.2, 0) is 14.9 Å². The van der Waals surface area contributed by atoms with Gasteiger partial charge in [-0.3, -0.25) is 0 Å². The van der Waals surface area contributed by atoms with Crippen LogP contribution in [0.25, 0.3) is 0 Å². The number of nitrogens with zero attached hydrogens (tertiary/aromatic N) is 1. The Labute approximate surface area is 143 Å². The highest BCUT2D eigenvalue weighted by atomic mass is 79.9. The predicted molar refractivity (Wildman–Crippen MR) is 91.7 cm³/mol. The SMILES string of the molecule is Cc1ccc(S(=O)(=O)NC2CC(c3ccc(Br)cc3)=NO2)cc1. The van der Waals surface area contributed by atoms with E-state index in [1.54, 1.807) is 24.3 Å². The average molecular weight is 395 g/mol. The molecule has 3 rings (SSSR count). The second kappa shape index (κ2) is 6.43. The maximum absolute atomic E-state index is 12.3. The van der Waals surface area contributed by atoms with Crippen LogP contribution in [-0.4, -0.2) is 20.4 Å².